The smallest absolute Gasteiger partial charge is 0.0625 e. The summed E-state index contributed by atoms with van der Waals surface area (Å²) in [6, 6.07) is 43.7. The summed E-state index contributed by atoms with van der Waals surface area (Å²) in [6.07, 6.45) is 0. The highest BCUT2D eigenvalue weighted by Gasteiger charge is 2.18. The monoisotopic (exact) mass is 497 g/mol. The fourth-order valence-electron chi connectivity index (χ4n) is 5.35. The second kappa shape index (κ2) is 7.58. The Hall–Kier alpha value is -3.88. The van der Waals surface area contributed by atoms with Gasteiger partial charge < -0.3 is 4.57 Å². The number of fused-ring (bicyclic) bond motifs is 8. The Kier molecular flexibility index (Phi) is 4.36. The molecule has 0 N–H and O–H groups in total. The van der Waals surface area contributed by atoms with E-state index in [4.69, 9.17) is 0 Å². The van der Waals surface area contributed by atoms with E-state index in [1.54, 1.807) is 0 Å². The van der Waals surface area contributed by atoms with Crippen LogP contribution in [0.15, 0.2) is 126 Å². The summed E-state index contributed by atoms with van der Waals surface area (Å²) in [5, 5.41) is 7.73. The molecule has 0 amide bonds. The molecule has 1 heterocycles. The van der Waals surface area contributed by atoms with Gasteiger partial charge in [-0.1, -0.05) is 113 Å². The van der Waals surface area contributed by atoms with Crippen LogP contribution in [0.2, 0.25) is 0 Å². The summed E-state index contributed by atoms with van der Waals surface area (Å²) in [4.78, 5) is 0. The fraction of sp³-hybridized carbons (Fsp3) is 0. The number of halogens is 1. The maximum Gasteiger partial charge on any atom is 0.0625 e. The second-order valence-corrected chi connectivity index (χ2v) is 9.64. The molecule has 0 aliphatic carbocycles. The van der Waals surface area contributed by atoms with Crippen molar-refractivity contribution < 1.29 is 0 Å². The van der Waals surface area contributed by atoms with Crippen molar-refractivity contribution in [3.8, 4) is 16.8 Å². The van der Waals surface area contributed by atoms with E-state index in [1.165, 1.54) is 60.2 Å². The number of aromatic nitrogens is 1. The zero-order chi connectivity index (χ0) is 22.6. The first-order chi connectivity index (χ1) is 16.8. The van der Waals surface area contributed by atoms with Crippen LogP contribution in [-0.4, -0.2) is 4.57 Å². The molecule has 1 aromatic heterocycles. The normalized spacial score (nSPS) is 11.7. The van der Waals surface area contributed by atoms with Gasteiger partial charge in [-0.05, 0) is 51.6 Å². The van der Waals surface area contributed by atoms with Crippen LogP contribution < -0.4 is 0 Å². The molecule has 0 radical (unpaired) electrons. The van der Waals surface area contributed by atoms with Gasteiger partial charge in [-0.3, -0.25) is 0 Å². The van der Waals surface area contributed by atoms with Crippen LogP contribution in [0.3, 0.4) is 0 Å². The molecular weight excluding hydrogens is 478 g/mol. The molecule has 0 fully saturated rings. The molecule has 160 valence electrons. The Morgan fingerprint density at radius 2 is 1.06 bits per heavy atom. The quantitative estimate of drug-likeness (QED) is 0.209. The third kappa shape index (κ3) is 2.85. The van der Waals surface area contributed by atoms with E-state index in [-0.39, 0.29) is 0 Å². The van der Waals surface area contributed by atoms with Crippen molar-refractivity contribution in [1.82, 2.24) is 4.57 Å². The molecule has 0 saturated carbocycles. The van der Waals surface area contributed by atoms with Gasteiger partial charge in [0.05, 0.1) is 11.0 Å². The van der Waals surface area contributed by atoms with E-state index in [0.717, 1.165) is 4.47 Å². The van der Waals surface area contributed by atoms with E-state index >= 15 is 0 Å². The molecular formula is C32H20BrN. The molecule has 7 aromatic rings. The first-order valence-electron chi connectivity index (χ1n) is 11.5. The summed E-state index contributed by atoms with van der Waals surface area (Å²) in [5.74, 6) is 0. The van der Waals surface area contributed by atoms with Crippen LogP contribution >= 0.6 is 15.9 Å². The highest BCUT2D eigenvalue weighted by molar-refractivity contribution is 9.10. The molecule has 0 spiro atoms. The van der Waals surface area contributed by atoms with E-state index in [0.29, 0.717) is 0 Å². The topological polar surface area (TPSA) is 4.93 Å². The van der Waals surface area contributed by atoms with Crippen LogP contribution in [0.4, 0.5) is 0 Å². The number of hydrogen-bond acceptors (Lipinski definition) is 0. The Bertz CT molecular complexity index is 1840. The average Bonchev–Trinajstić information content (AvgIpc) is 3.24. The molecule has 0 atom stereocenters. The highest BCUT2D eigenvalue weighted by atomic mass is 79.9. The standard InChI is InChI=1S/C32H20BrN/c33-23-16-19-29-30(20-23)34(24-17-14-22(15-18-24)21-8-2-1-3-9-21)32-28-13-7-5-11-26(28)25-10-4-6-12-27(25)31(29)32/h1-20H. The van der Waals surface area contributed by atoms with E-state index < -0.39 is 0 Å². The largest absolute Gasteiger partial charge is 0.309 e. The molecule has 2 heteroatoms. The molecule has 0 aliphatic heterocycles. The van der Waals surface area contributed by atoms with Gasteiger partial charge in [0, 0.05) is 26.3 Å². The van der Waals surface area contributed by atoms with Gasteiger partial charge in [0.2, 0.25) is 0 Å². The lowest BCUT2D eigenvalue weighted by Gasteiger charge is -2.13. The molecule has 7 rings (SSSR count). The van der Waals surface area contributed by atoms with Crippen LogP contribution in [0.5, 0.6) is 0 Å². The molecule has 6 aromatic carbocycles. The summed E-state index contributed by atoms with van der Waals surface area (Å²) >= 11 is 3.72. The van der Waals surface area contributed by atoms with Gasteiger partial charge in [0.25, 0.3) is 0 Å². The Morgan fingerprint density at radius 1 is 0.471 bits per heavy atom. The Labute approximate surface area is 206 Å². The predicted octanol–water partition coefficient (Wildman–Crippen LogP) is 9.52. The minimum atomic E-state index is 1.08. The molecule has 34 heavy (non-hydrogen) atoms. The molecule has 1 nitrogen and oxygen atoms in total. The Balaban J connectivity index is 1.64. The lowest BCUT2D eigenvalue weighted by molar-refractivity contribution is 1.19. The first kappa shape index (κ1) is 19.6. The van der Waals surface area contributed by atoms with Crippen molar-refractivity contribution in [2.45, 2.75) is 0 Å². The van der Waals surface area contributed by atoms with Crippen LogP contribution in [0.1, 0.15) is 0 Å². The van der Waals surface area contributed by atoms with Crippen molar-refractivity contribution in [3.05, 3.63) is 126 Å². The third-order valence-corrected chi connectivity index (χ3v) is 7.33. The van der Waals surface area contributed by atoms with Crippen molar-refractivity contribution in [2.75, 3.05) is 0 Å². The van der Waals surface area contributed by atoms with Gasteiger partial charge >= 0.3 is 0 Å². The zero-order valence-electron chi connectivity index (χ0n) is 18.4. The minimum Gasteiger partial charge on any atom is -0.309 e. The number of nitrogens with zero attached hydrogens (tertiary/aromatic N) is 1. The molecule has 0 saturated heterocycles. The minimum absolute atomic E-state index is 1.08. The number of benzene rings is 6. The van der Waals surface area contributed by atoms with Crippen LogP contribution in [0, 0.1) is 0 Å². The van der Waals surface area contributed by atoms with Crippen molar-refractivity contribution in [2.24, 2.45) is 0 Å². The van der Waals surface area contributed by atoms with Gasteiger partial charge in [-0.15, -0.1) is 0 Å². The second-order valence-electron chi connectivity index (χ2n) is 8.72. The van der Waals surface area contributed by atoms with Crippen LogP contribution in [0.25, 0.3) is 60.2 Å². The summed E-state index contributed by atoms with van der Waals surface area (Å²) in [5.41, 5.74) is 6.09. The SMILES string of the molecule is Brc1ccc2c3c4ccccc4c4ccccc4c3n(-c3ccc(-c4ccccc4)cc3)c2c1. The summed E-state index contributed by atoms with van der Waals surface area (Å²) < 4.78 is 3.51. The van der Waals surface area contributed by atoms with Crippen molar-refractivity contribution in [1.29, 1.82) is 0 Å². The number of rotatable bonds is 2. The lowest BCUT2D eigenvalue weighted by atomic mass is 9.97. The summed E-state index contributed by atoms with van der Waals surface area (Å²) in [7, 11) is 0. The zero-order valence-corrected chi connectivity index (χ0v) is 20.0. The van der Waals surface area contributed by atoms with Gasteiger partial charge in [-0.25, -0.2) is 0 Å². The lowest BCUT2D eigenvalue weighted by Crippen LogP contribution is -1.95. The van der Waals surface area contributed by atoms with E-state index in [1.807, 2.05) is 0 Å². The van der Waals surface area contributed by atoms with Gasteiger partial charge in [-0.2, -0.15) is 0 Å². The number of hydrogen-bond donors (Lipinski definition) is 0. The maximum atomic E-state index is 3.72. The van der Waals surface area contributed by atoms with E-state index in [2.05, 4.69) is 142 Å². The molecule has 0 unspecified atom stereocenters. The van der Waals surface area contributed by atoms with E-state index in [9.17, 15) is 0 Å². The molecule has 0 bridgehead atoms. The highest BCUT2D eigenvalue weighted by Crippen LogP contribution is 2.42. The average molecular weight is 498 g/mol. The van der Waals surface area contributed by atoms with Gasteiger partial charge in [0.1, 0.15) is 0 Å². The first-order valence-corrected chi connectivity index (χ1v) is 12.3. The molecule has 0 aliphatic rings. The summed E-state index contributed by atoms with van der Waals surface area (Å²) in [6.45, 7) is 0. The van der Waals surface area contributed by atoms with Gasteiger partial charge in [0.15, 0.2) is 0 Å². The predicted molar refractivity (Wildman–Crippen MR) is 149 cm³/mol. The Morgan fingerprint density at radius 3 is 1.79 bits per heavy atom. The fourth-order valence-corrected chi connectivity index (χ4v) is 5.70. The maximum absolute atomic E-state index is 3.72. The third-order valence-electron chi connectivity index (χ3n) is 6.83. The van der Waals surface area contributed by atoms with Crippen LogP contribution in [-0.2, 0) is 0 Å². The van der Waals surface area contributed by atoms with Crippen molar-refractivity contribution in [3.63, 3.8) is 0 Å². The van der Waals surface area contributed by atoms with Crippen molar-refractivity contribution >= 4 is 59.3 Å².